The zero-order valence-corrected chi connectivity index (χ0v) is 19.2. The molecule has 0 aromatic heterocycles. The van der Waals surface area contributed by atoms with Gasteiger partial charge >= 0.3 is 0 Å². The number of hydrogen-bond donors (Lipinski definition) is 2. The minimum absolute atomic E-state index is 0. The lowest BCUT2D eigenvalue weighted by atomic mass is 10.1. The molecule has 0 bridgehead atoms. The molecule has 0 aliphatic carbocycles. The number of rotatable bonds is 7. The van der Waals surface area contributed by atoms with Crippen LogP contribution in [0, 0.1) is 11.6 Å². The van der Waals surface area contributed by atoms with Gasteiger partial charge in [0.2, 0.25) is 0 Å². The number of amides is 1. The topological polar surface area (TPSA) is 56.7 Å². The summed E-state index contributed by atoms with van der Waals surface area (Å²) in [6.07, 6.45) is 0.415. The Labute approximate surface area is 187 Å². The van der Waals surface area contributed by atoms with Crippen LogP contribution in [0.2, 0.25) is 0 Å². The van der Waals surface area contributed by atoms with Crippen molar-refractivity contribution < 1.29 is 13.6 Å². The van der Waals surface area contributed by atoms with Crippen molar-refractivity contribution in [2.75, 3.05) is 27.2 Å². The minimum Gasteiger partial charge on any atom is -0.357 e. The second-order valence-corrected chi connectivity index (χ2v) is 6.50. The molecule has 5 nitrogen and oxygen atoms in total. The fourth-order valence-electron chi connectivity index (χ4n) is 2.56. The van der Waals surface area contributed by atoms with Crippen molar-refractivity contribution in [3.8, 4) is 0 Å². The van der Waals surface area contributed by atoms with E-state index >= 15 is 0 Å². The molecule has 0 saturated heterocycles. The number of aliphatic imine (C=N–C) groups is 1. The van der Waals surface area contributed by atoms with Crippen LogP contribution in [0.4, 0.5) is 8.78 Å². The fraction of sp³-hybridized carbons (Fsp3) is 0.333. The van der Waals surface area contributed by atoms with Gasteiger partial charge in [-0.1, -0.05) is 18.2 Å². The van der Waals surface area contributed by atoms with Gasteiger partial charge in [-0.25, -0.2) is 13.8 Å². The first-order valence-corrected chi connectivity index (χ1v) is 9.17. The largest absolute Gasteiger partial charge is 0.357 e. The first-order valence-electron chi connectivity index (χ1n) is 9.17. The van der Waals surface area contributed by atoms with Gasteiger partial charge < -0.3 is 15.5 Å². The molecule has 158 valence electrons. The Bertz CT molecular complexity index is 826. The first-order chi connectivity index (χ1) is 13.4. The van der Waals surface area contributed by atoms with Crippen LogP contribution in [0.5, 0.6) is 0 Å². The van der Waals surface area contributed by atoms with Crippen molar-refractivity contribution in [2.45, 2.75) is 19.9 Å². The van der Waals surface area contributed by atoms with Gasteiger partial charge in [0.1, 0.15) is 11.6 Å². The number of nitrogens with zero attached hydrogens (tertiary/aromatic N) is 2. The van der Waals surface area contributed by atoms with E-state index in [1.165, 1.54) is 17.0 Å². The van der Waals surface area contributed by atoms with Crippen LogP contribution in [0.15, 0.2) is 47.5 Å². The number of guanidine groups is 1. The molecule has 0 saturated carbocycles. The number of carbonyl (C=O) groups excluding carboxylic acids is 1. The van der Waals surface area contributed by atoms with E-state index in [0.29, 0.717) is 43.1 Å². The SMILES string of the molecule is CCNC(=NCc1ccc(C(=O)N(C)C)cc1)NCCc1ccc(F)cc1F.I. The Morgan fingerprint density at radius 2 is 1.76 bits per heavy atom. The van der Waals surface area contributed by atoms with E-state index in [1.807, 2.05) is 19.1 Å². The number of benzene rings is 2. The third kappa shape index (κ3) is 7.96. The average molecular weight is 516 g/mol. The summed E-state index contributed by atoms with van der Waals surface area (Å²) in [6, 6.07) is 10.9. The second-order valence-electron chi connectivity index (χ2n) is 6.50. The lowest BCUT2D eigenvalue weighted by Gasteiger charge is -2.12. The highest BCUT2D eigenvalue weighted by Crippen LogP contribution is 2.10. The number of halogens is 3. The maximum absolute atomic E-state index is 13.7. The Morgan fingerprint density at radius 3 is 2.34 bits per heavy atom. The highest BCUT2D eigenvalue weighted by atomic mass is 127. The molecule has 2 rings (SSSR count). The zero-order valence-electron chi connectivity index (χ0n) is 16.8. The van der Waals surface area contributed by atoms with E-state index in [9.17, 15) is 13.6 Å². The number of nitrogens with one attached hydrogen (secondary N) is 2. The van der Waals surface area contributed by atoms with Crippen LogP contribution in [0.1, 0.15) is 28.4 Å². The van der Waals surface area contributed by atoms with E-state index in [0.717, 1.165) is 11.6 Å². The zero-order chi connectivity index (χ0) is 20.5. The van der Waals surface area contributed by atoms with E-state index in [4.69, 9.17) is 0 Å². The van der Waals surface area contributed by atoms with E-state index in [-0.39, 0.29) is 29.9 Å². The maximum atomic E-state index is 13.7. The summed E-state index contributed by atoms with van der Waals surface area (Å²) in [4.78, 5) is 18.0. The predicted molar refractivity (Wildman–Crippen MR) is 123 cm³/mol. The third-order valence-electron chi connectivity index (χ3n) is 4.07. The van der Waals surface area contributed by atoms with Crippen molar-refractivity contribution >= 4 is 35.8 Å². The van der Waals surface area contributed by atoms with Crippen LogP contribution in [0.3, 0.4) is 0 Å². The van der Waals surface area contributed by atoms with Gasteiger partial charge in [-0.05, 0) is 42.7 Å². The summed E-state index contributed by atoms with van der Waals surface area (Å²) < 4.78 is 26.7. The number of carbonyl (C=O) groups is 1. The molecule has 0 heterocycles. The molecule has 8 heteroatoms. The molecule has 0 aliphatic rings. The average Bonchev–Trinajstić information content (AvgIpc) is 2.67. The highest BCUT2D eigenvalue weighted by molar-refractivity contribution is 14.0. The lowest BCUT2D eigenvalue weighted by Crippen LogP contribution is -2.38. The summed E-state index contributed by atoms with van der Waals surface area (Å²) in [5.74, 6) is -0.560. The minimum atomic E-state index is -0.581. The fourth-order valence-corrected chi connectivity index (χ4v) is 2.56. The smallest absolute Gasteiger partial charge is 0.253 e. The predicted octanol–water partition coefficient (Wildman–Crippen LogP) is 3.58. The molecule has 0 radical (unpaired) electrons. The van der Waals surface area contributed by atoms with Gasteiger partial charge in [-0.15, -0.1) is 24.0 Å². The van der Waals surface area contributed by atoms with Crippen LogP contribution >= 0.6 is 24.0 Å². The summed E-state index contributed by atoms with van der Waals surface area (Å²) in [6.45, 7) is 3.55. The Morgan fingerprint density at radius 1 is 1.07 bits per heavy atom. The van der Waals surface area contributed by atoms with Gasteiger partial charge in [0.25, 0.3) is 5.91 Å². The third-order valence-corrected chi connectivity index (χ3v) is 4.07. The van der Waals surface area contributed by atoms with Crippen molar-refractivity contribution in [1.82, 2.24) is 15.5 Å². The van der Waals surface area contributed by atoms with Crippen molar-refractivity contribution in [2.24, 2.45) is 4.99 Å². The van der Waals surface area contributed by atoms with Crippen molar-refractivity contribution in [1.29, 1.82) is 0 Å². The summed E-state index contributed by atoms with van der Waals surface area (Å²) in [5, 5.41) is 6.28. The molecule has 29 heavy (non-hydrogen) atoms. The quantitative estimate of drug-likeness (QED) is 0.336. The summed E-state index contributed by atoms with van der Waals surface area (Å²) in [5.41, 5.74) is 2.05. The molecular weight excluding hydrogens is 489 g/mol. The maximum Gasteiger partial charge on any atom is 0.253 e. The van der Waals surface area contributed by atoms with Crippen LogP contribution in [-0.2, 0) is 13.0 Å². The molecule has 0 unspecified atom stereocenters. The molecule has 2 aromatic rings. The Kier molecular flexibility index (Phi) is 10.6. The molecular formula is C21H27F2IN4O. The molecule has 1 amide bonds. The molecule has 0 aliphatic heterocycles. The van der Waals surface area contributed by atoms with Gasteiger partial charge in [0, 0.05) is 38.8 Å². The van der Waals surface area contributed by atoms with Crippen LogP contribution < -0.4 is 10.6 Å². The van der Waals surface area contributed by atoms with Gasteiger partial charge in [-0.3, -0.25) is 4.79 Å². The van der Waals surface area contributed by atoms with Crippen molar-refractivity contribution in [3.63, 3.8) is 0 Å². The van der Waals surface area contributed by atoms with E-state index in [1.54, 1.807) is 26.2 Å². The Hall–Kier alpha value is -2.23. The molecule has 0 fully saturated rings. The molecule has 0 atom stereocenters. The highest BCUT2D eigenvalue weighted by Gasteiger charge is 2.07. The van der Waals surface area contributed by atoms with Gasteiger partial charge in [-0.2, -0.15) is 0 Å². The van der Waals surface area contributed by atoms with Gasteiger partial charge in [0.15, 0.2) is 5.96 Å². The Balaban J connectivity index is 0.00000420. The summed E-state index contributed by atoms with van der Waals surface area (Å²) in [7, 11) is 3.43. The number of hydrogen-bond acceptors (Lipinski definition) is 2. The van der Waals surface area contributed by atoms with Crippen LogP contribution in [0.25, 0.3) is 0 Å². The van der Waals surface area contributed by atoms with Crippen molar-refractivity contribution in [3.05, 3.63) is 70.8 Å². The van der Waals surface area contributed by atoms with Gasteiger partial charge in [0.05, 0.1) is 6.54 Å². The normalized spacial score (nSPS) is 10.9. The van der Waals surface area contributed by atoms with Crippen LogP contribution in [-0.4, -0.2) is 44.0 Å². The second kappa shape index (κ2) is 12.4. The first kappa shape index (κ1) is 24.8. The molecule has 2 aromatic carbocycles. The summed E-state index contributed by atoms with van der Waals surface area (Å²) >= 11 is 0. The molecule has 0 spiro atoms. The lowest BCUT2D eigenvalue weighted by molar-refractivity contribution is 0.0827. The standard InChI is InChI=1S/C21H26F2N4O.HI/c1-4-24-21(25-12-11-16-9-10-18(22)13-19(16)23)26-14-15-5-7-17(8-6-15)20(28)27(2)3;/h5-10,13H,4,11-12,14H2,1-3H3,(H2,24,25,26);1H. The molecule has 2 N–H and O–H groups in total. The van der Waals surface area contributed by atoms with E-state index in [2.05, 4.69) is 15.6 Å². The van der Waals surface area contributed by atoms with E-state index < -0.39 is 11.6 Å². The monoisotopic (exact) mass is 516 g/mol.